The van der Waals surface area contributed by atoms with Gasteiger partial charge in [0.2, 0.25) is 0 Å². The van der Waals surface area contributed by atoms with Crippen molar-refractivity contribution in [3.05, 3.63) is 29.3 Å². The lowest BCUT2D eigenvalue weighted by atomic mass is 10.2. The van der Waals surface area contributed by atoms with E-state index in [0.717, 1.165) is 19.0 Å². The van der Waals surface area contributed by atoms with E-state index in [1.54, 1.807) is 0 Å². The molecule has 0 aromatic heterocycles. The van der Waals surface area contributed by atoms with Crippen LogP contribution in [0.5, 0.6) is 0 Å². The summed E-state index contributed by atoms with van der Waals surface area (Å²) < 4.78 is 0. The smallest absolute Gasteiger partial charge is 0.0104 e. The Morgan fingerprint density at radius 2 is 1.94 bits per heavy atom. The first-order valence-electron chi connectivity index (χ1n) is 7.00. The van der Waals surface area contributed by atoms with Crippen molar-refractivity contribution in [1.29, 1.82) is 0 Å². The van der Waals surface area contributed by atoms with E-state index in [0.29, 0.717) is 0 Å². The molecule has 1 aromatic rings. The molecule has 0 amide bonds. The molecule has 1 aromatic carbocycles. The molecule has 18 heavy (non-hydrogen) atoms. The monoisotopic (exact) mass is 265 g/mol. The van der Waals surface area contributed by atoms with Crippen LogP contribution in [0.4, 0.5) is 0 Å². The number of rotatable bonds is 8. The topological polar surface area (TPSA) is 12.0 Å². The van der Waals surface area contributed by atoms with E-state index in [9.17, 15) is 0 Å². The Bertz CT molecular complexity index is 347. The fourth-order valence-corrected chi connectivity index (χ4v) is 2.92. The van der Waals surface area contributed by atoms with Gasteiger partial charge in [-0.3, -0.25) is 0 Å². The molecule has 102 valence electrons. The van der Waals surface area contributed by atoms with Crippen LogP contribution in [0.25, 0.3) is 0 Å². The molecule has 0 atom stereocenters. The molecular formula is C16H27NS. The zero-order valence-electron chi connectivity index (χ0n) is 12.3. The third-order valence-corrected chi connectivity index (χ3v) is 4.15. The van der Waals surface area contributed by atoms with Crippen molar-refractivity contribution in [2.24, 2.45) is 5.92 Å². The van der Waals surface area contributed by atoms with Crippen molar-refractivity contribution in [2.75, 3.05) is 18.8 Å². The van der Waals surface area contributed by atoms with Crippen LogP contribution in [-0.4, -0.2) is 18.8 Å². The maximum atomic E-state index is 3.49. The number of nitrogens with one attached hydrogen (secondary N) is 1. The molecule has 0 unspecified atom stereocenters. The fraction of sp³-hybridized carbons (Fsp3) is 0.625. The molecule has 0 aliphatic heterocycles. The highest BCUT2D eigenvalue weighted by molar-refractivity contribution is 7.99. The zero-order valence-corrected chi connectivity index (χ0v) is 13.1. The second-order valence-electron chi connectivity index (χ2n) is 5.42. The molecule has 0 radical (unpaired) electrons. The standard InChI is InChI=1S/C16H27NS/c1-13(2)12-17-9-5-6-10-18-16-11-14(3)7-8-15(16)4/h7-8,11,13,17H,5-6,9-10,12H2,1-4H3. The summed E-state index contributed by atoms with van der Waals surface area (Å²) >= 11 is 2.00. The molecule has 2 heteroatoms. The largest absolute Gasteiger partial charge is 0.316 e. The van der Waals surface area contributed by atoms with Crippen LogP contribution in [0.2, 0.25) is 0 Å². The molecule has 0 heterocycles. The van der Waals surface area contributed by atoms with Gasteiger partial charge in [-0.05, 0) is 63.1 Å². The van der Waals surface area contributed by atoms with Crippen molar-refractivity contribution in [2.45, 2.75) is 45.4 Å². The third-order valence-electron chi connectivity index (χ3n) is 2.90. The third kappa shape index (κ3) is 6.46. The van der Waals surface area contributed by atoms with Crippen molar-refractivity contribution in [1.82, 2.24) is 5.32 Å². The average molecular weight is 265 g/mol. The summed E-state index contributed by atoms with van der Waals surface area (Å²) in [5.41, 5.74) is 2.77. The molecule has 1 rings (SSSR count). The van der Waals surface area contributed by atoms with Crippen LogP contribution < -0.4 is 5.32 Å². The van der Waals surface area contributed by atoms with Gasteiger partial charge in [-0.15, -0.1) is 11.8 Å². The van der Waals surface area contributed by atoms with E-state index >= 15 is 0 Å². The Hall–Kier alpha value is -0.470. The van der Waals surface area contributed by atoms with E-state index in [2.05, 4.69) is 51.2 Å². The second-order valence-corrected chi connectivity index (χ2v) is 6.56. The highest BCUT2D eigenvalue weighted by Crippen LogP contribution is 2.24. The first-order chi connectivity index (χ1) is 8.59. The number of unbranched alkanes of at least 4 members (excludes halogenated alkanes) is 1. The van der Waals surface area contributed by atoms with Gasteiger partial charge < -0.3 is 5.32 Å². The van der Waals surface area contributed by atoms with E-state index in [-0.39, 0.29) is 0 Å². The number of thioether (sulfide) groups is 1. The van der Waals surface area contributed by atoms with Gasteiger partial charge in [-0.2, -0.15) is 0 Å². The highest BCUT2D eigenvalue weighted by atomic mass is 32.2. The first-order valence-corrected chi connectivity index (χ1v) is 7.99. The van der Waals surface area contributed by atoms with Crippen LogP contribution in [-0.2, 0) is 0 Å². The lowest BCUT2D eigenvalue weighted by molar-refractivity contribution is 0.541. The van der Waals surface area contributed by atoms with E-state index in [1.807, 2.05) is 11.8 Å². The van der Waals surface area contributed by atoms with Crippen LogP contribution >= 0.6 is 11.8 Å². The van der Waals surface area contributed by atoms with Crippen molar-refractivity contribution >= 4 is 11.8 Å². The van der Waals surface area contributed by atoms with Gasteiger partial charge in [0.1, 0.15) is 0 Å². The van der Waals surface area contributed by atoms with Gasteiger partial charge in [0.25, 0.3) is 0 Å². The Kier molecular flexibility index (Phi) is 7.45. The molecule has 0 aliphatic rings. The number of aryl methyl sites for hydroxylation is 2. The normalized spacial score (nSPS) is 11.2. The van der Waals surface area contributed by atoms with Gasteiger partial charge in [-0.25, -0.2) is 0 Å². The Morgan fingerprint density at radius 1 is 1.17 bits per heavy atom. The van der Waals surface area contributed by atoms with Gasteiger partial charge >= 0.3 is 0 Å². The summed E-state index contributed by atoms with van der Waals surface area (Å²) in [4.78, 5) is 1.45. The summed E-state index contributed by atoms with van der Waals surface area (Å²) in [5.74, 6) is 1.99. The van der Waals surface area contributed by atoms with Crippen molar-refractivity contribution < 1.29 is 0 Å². The van der Waals surface area contributed by atoms with Gasteiger partial charge in [0.05, 0.1) is 0 Å². The molecule has 0 fully saturated rings. The minimum absolute atomic E-state index is 0.759. The zero-order chi connectivity index (χ0) is 13.4. The lowest BCUT2D eigenvalue weighted by Crippen LogP contribution is -2.20. The molecule has 0 bridgehead atoms. The molecule has 0 aliphatic carbocycles. The second kappa shape index (κ2) is 8.60. The first kappa shape index (κ1) is 15.6. The predicted molar refractivity (Wildman–Crippen MR) is 83.6 cm³/mol. The average Bonchev–Trinajstić information content (AvgIpc) is 2.32. The molecule has 1 nitrogen and oxygen atoms in total. The quantitative estimate of drug-likeness (QED) is 0.551. The minimum Gasteiger partial charge on any atom is -0.316 e. The molecule has 1 N–H and O–H groups in total. The number of benzene rings is 1. The molecule has 0 saturated carbocycles. The number of hydrogen-bond acceptors (Lipinski definition) is 2. The maximum absolute atomic E-state index is 3.49. The van der Waals surface area contributed by atoms with Crippen molar-refractivity contribution in [3.8, 4) is 0 Å². The SMILES string of the molecule is Cc1ccc(C)c(SCCCCNCC(C)C)c1. The van der Waals surface area contributed by atoms with Gasteiger partial charge in [-0.1, -0.05) is 31.5 Å². The Balaban J connectivity index is 2.12. The summed E-state index contributed by atoms with van der Waals surface area (Å²) in [6.07, 6.45) is 2.58. The lowest BCUT2D eigenvalue weighted by Gasteiger charge is -2.08. The van der Waals surface area contributed by atoms with E-state index < -0.39 is 0 Å². The van der Waals surface area contributed by atoms with Gasteiger partial charge in [0, 0.05) is 4.90 Å². The summed E-state index contributed by atoms with van der Waals surface area (Å²) in [6.45, 7) is 11.2. The van der Waals surface area contributed by atoms with Crippen molar-refractivity contribution in [3.63, 3.8) is 0 Å². The summed E-state index contributed by atoms with van der Waals surface area (Å²) in [5, 5.41) is 3.49. The van der Waals surface area contributed by atoms with Crippen LogP contribution in [0.3, 0.4) is 0 Å². The van der Waals surface area contributed by atoms with E-state index in [1.165, 1.54) is 34.6 Å². The van der Waals surface area contributed by atoms with Gasteiger partial charge in [0.15, 0.2) is 0 Å². The highest BCUT2D eigenvalue weighted by Gasteiger charge is 1.99. The van der Waals surface area contributed by atoms with Crippen LogP contribution in [0.1, 0.15) is 37.8 Å². The minimum atomic E-state index is 0.759. The number of hydrogen-bond donors (Lipinski definition) is 1. The fourth-order valence-electron chi connectivity index (χ4n) is 1.79. The molecule has 0 saturated heterocycles. The Morgan fingerprint density at radius 3 is 2.67 bits per heavy atom. The molecular weight excluding hydrogens is 238 g/mol. The molecule has 0 spiro atoms. The summed E-state index contributed by atoms with van der Waals surface area (Å²) in [7, 11) is 0. The Labute approximate surface area is 117 Å². The van der Waals surface area contributed by atoms with Crippen LogP contribution in [0.15, 0.2) is 23.1 Å². The van der Waals surface area contributed by atoms with Crippen LogP contribution in [0, 0.1) is 19.8 Å². The summed E-state index contributed by atoms with van der Waals surface area (Å²) in [6, 6.07) is 6.72. The maximum Gasteiger partial charge on any atom is 0.0104 e. The van der Waals surface area contributed by atoms with E-state index in [4.69, 9.17) is 0 Å². The predicted octanol–water partition coefficient (Wildman–Crippen LogP) is 4.42.